The molecule has 1 N–H and O–H groups in total. The van der Waals surface area contributed by atoms with Crippen LogP contribution in [-0.2, 0) is 9.59 Å². The van der Waals surface area contributed by atoms with Gasteiger partial charge < -0.3 is 10.0 Å². The largest absolute Gasteiger partial charge is 0.481 e. The average Bonchev–Trinajstić information content (AvgIpc) is 3.04. The molecule has 0 bridgehead atoms. The zero-order valence-corrected chi connectivity index (χ0v) is 13.8. The molecule has 1 amide bonds. The quantitative estimate of drug-likeness (QED) is 0.911. The van der Waals surface area contributed by atoms with E-state index in [0.29, 0.717) is 30.7 Å². The smallest absolute Gasteiger partial charge is 0.306 e. The van der Waals surface area contributed by atoms with Crippen LogP contribution in [0.15, 0.2) is 24.3 Å². The average molecular weight is 336 g/mol. The third-order valence-corrected chi connectivity index (χ3v) is 5.57. The van der Waals surface area contributed by atoms with Gasteiger partial charge in [-0.2, -0.15) is 0 Å². The fourth-order valence-corrected chi connectivity index (χ4v) is 4.18. The number of amides is 1. The van der Waals surface area contributed by atoms with Crippen LogP contribution in [0.3, 0.4) is 0 Å². The minimum atomic E-state index is -0.731. The summed E-state index contributed by atoms with van der Waals surface area (Å²) in [6.07, 6.45) is 4.52. The summed E-state index contributed by atoms with van der Waals surface area (Å²) in [6, 6.07) is 7.80. The first-order valence-corrected chi connectivity index (χ1v) is 8.73. The minimum absolute atomic E-state index is 0.0336. The topological polar surface area (TPSA) is 57.6 Å². The molecule has 2 aliphatic rings. The maximum Gasteiger partial charge on any atom is 0.306 e. The molecular formula is C18H22ClNO3. The Morgan fingerprint density at radius 3 is 2.35 bits per heavy atom. The molecule has 3 rings (SSSR count). The van der Waals surface area contributed by atoms with Gasteiger partial charge in [0.1, 0.15) is 0 Å². The summed E-state index contributed by atoms with van der Waals surface area (Å²) in [5, 5.41) is 9.80. The molecule has 1 heterocycles. The van der Waals surface area contributed by atoms with Crippen molar-refractivity contribution in [1.29, 1.82) is 0 Å². The third kappa shape index (κ3) is 3.37. The predicted molar refractivity (Wildman–Crippen MR) is 88.2 cm³/mol. The van der Waals surface area contributed by atoms with E-state index >= 15 is 0 Å². The van der Waals surface area contributed by atoms with E-state index in [1.165, 1.54) is 0 Å². The highest BCUT2D eigenvalue weighted by Crippen LogP contribution is 2.39. The zero-order valence-electron chi connectivity index (χ0n) is 13.1. The molecule has 0 radical (unpaired) electrons. The van der Waals surface area contributed by atoms with Crippen molar-refractivity contribution in [3.8, 4) is 0 Å². The number of carbonyl (C=O) groups excluding carboxylic acids is 1. The Morgan fingerprint density at radius 1 is 1.04 bits per heavy atom. The van der Waals surface area contributed by atoms with Gasteiger partial charge in [-0.25, -0.2) is 0 Å². The van der Waals surface area contributed by atoms with Gasteiger partial charge in [0.25, 0.3) is 0 Å². The molecular weight excluding hydrogens is 314 g/mol. The lowest BCUT2D eigenvalue weighted by Crippen LogP contribution is -2.38. The van der Waals surface area contributed by atoms with Crippen LogP contribution in [0.1, 0.15) is 50.1 Å². The van der Waals surface area contributed by atoms with E-state index in [9.17, 15) is 9.59 Å². The van der Waals surface area contributed by atoms with Crippen molar-refractivity contribution in [2.45, 2.75) is 44.6 Å². The summed E-state index contributed by atoms with van der Waals surface area (Å²) in [5.41, 5.74) is 1.03. The molecule has 4 nitrogen and oxygen atoms in total. The monoisotopic (exact) mass is 335 g/mol. The van der Waals surface area contributed by atoms with Crippen LogP contribution in [0.2, 0.25) is 5.02 Å². The van der Waals surface area contributed by atoms with Crippen LogP contribution in [0.4, 0.5) is 0 Å². The summed E-state index contributed by atoms with van der Waals surface area (Å²) in [5.74, 6) is -0.868. The van der Waals surface area contributed by atoms with Gasteiger partial charge in [0, 0.05) is 17.5 Å². The van der Waals surface area contributed by atoms with Crippen LogP contribution < -0.4 is 0 Å². The molecule has 1 saturated carbocycles. The number of carboxylic acids is 1. The van der Waals surface area contributed by atoms with Crippen molar-refractivity contribution >= 4 is 23.5 Å². The Balaban J connectivity index is 1.70. The van der Waals surface area contributed by atoms with Crippen LogP contribution in [-0.4, -0.2) is 28.4 Å². The molecule has 5 heteroatoms. The van der Waals surface area contributed by atoms with Gasteiger partial charge in [0.15, 0.2) is 0 Å². The Kier molecular flexibility index (Phi) is 4.90. The highest BCUT2D eigenvalue weighted by Gasteiger charge is 2.37. The molecule has 124 valence electrons. The van der Waals surface area contributed by atoms with Gasteiger partial charge >= 0.3 is 5.97 Å². The predicted octanol–water partition coefficient (Wildman–Crippen LogP) is 3.89. The SMILES string of the molecule is O=C(O)C1CCC(C(=O)N2CCCC2c2ccccc2Cl)CC1. The van der Waals surface area contributed by atoms with Crippen LogP contribution in [0, 0.1) is 11.8 Å². The summed E-state index contributed by atoms with van der Waals surface area (Å²) in [4.78, 5) is 25.9. The lowest BCUT2D eigenvalue weighted by molar-refractivity contribution is -0.146. The Hall–Kier alpha value is -1.55. The van der Waals surface area contributed by atoms with E-state index in [0.717, 1.165) is 24.9 Å². The molecule has 1 aliphatic heterocycles. The molecule has 2 fully saturated rings. The van der Waals surface area contributed by atoms with Crippen molar-refractivity contribution in [2.24, 2.45) is 11.8 Å². The van der Waals surface area contributed by atoms with Gasteiger partial charge in [-0.05, 0) is 50.2 Å². The first-order valence-electron chi connectivity index (χ1n) is 8.35. The second-order valence-electron chi connectivity index (χ2n) is 6.60. The van der Waals surface area contributed by atoms with Crippen molar-refractivity contribution in [1.82, 2.24) is 4.90 Å². The number of hydrogen-bond acceptors (Lipinski definition) is 2. The molecule has 0 aromatic heterocycles. The number of rotatable bonds is 3. The number of halogens is 1. The number of nitrogens with zero attached hydrogens (tertiary/aromatic N) is 1. The van der Waals surface area contributed by atoms with Crippen molar-refractivity contribution in [3.05, 3.63) is 34.9 Å². The molecule has 1 aliphatic carbocycles. The standard InChI is InChI=1S/C18H22ClNO3/c19-15-5-2-1-4-14(15)16-6-3-11-20(16)17(21)12-7-9-13(10-8-12)18(22)23/h1-2,4-5,12-13,16H,3,6-11H2,(H,22,23). The van der Waals surface area contributed by atoms with Crippen molar-refractivity contribution in [2.75, 3.05) is 6.54 Å². The van der Waals surface area contributed by atoms with Gasteiger partial charge in [-0.1, -0.05) is 29.8 Å². The first-order chi connectivity index (χ1) is 11.1. The Labute approximate surface area is 141 Å². The van der Waals surface area contributed by atoms with E-state index in [-0.39, 0.29) is 23.8 Å². The normalized spacial score (nSPS) is 27.9. The number of hydrogen-bond donors (Lipinski definition) is 1. The third-order valence-electron chi connectivity index (χ3n) is 5.23. The van der Waals surface area contributed by atoms with E-state index in [1.54, 1.807) is 0 Å². The highest BCUT2D eigenvalue weighted by molar-refractivity contribution is 6.31. The highest BCUT2D eigenvalue weighted by atomic mass is 35.5. The molecule has 1 aromatic carbocycles. The Bertz CT molecular complexity index is 596. The lowest BCUT2D eigenvalue weighted by Gasteiger charge is -2.32. The maximum atomic E-state index is 12.9. The fraction of sp³-hybridized carbons (Fsp3) is 0.556. The second-order valence-corrected chi connectivity index (χ2v) is 7.01. The Morgan fingerprint density at radius 2 is 1.70 bits per heavy atom. The molecule has 1 aromatic rings. The summed E-state index contributed by atoms with van der Waals surface area (Å²) in [7, 11) is 0. The molecule has 1 atom stereocenters. The van der Waals surface area contributed by atoms with E-state index in [2.05, 4.69) is 0 Å². The number of likely N-dealkylation sites (tertiary alicyclic amines) is 1. The number of carbonyl (C=O) groups is 2. The molecule has 23 heavy (non-hydrogen) atoms. The lowest BCUT2D eigenvalue weighted by atomic mass is 9.81. The molecule has 1 unspecified atom stereocenters. The van der Waals surface area contributed by atoms with Crippen molar-refractivity contribution < 1.29 is 14.7 Å². The van der Waals surface area contributed by atoms with Gasteiger partial charge in [-0.15, -0.1) is 0 Å². The second kappa shape index (κ2) is 6.91. The maximum absolute atomic E-state index is 12.9. The van der Waals surface area contributed by atoms with E-state index in [1.807, 2.05) is 29.2 Å². The van der Waals surface area contributed by atoms with Crippen LogP contribution in [0.5, 0.6) is 0 Å². The van der Waals surface area contributed by atoms with Crippen LogP contribution in [0.25, 0.3) is 0 Å². The fourth-order valence-electron chi connectivity index (χ4n) is 3.92. The van der Waals surface area contributed by atoms with Gasteiger partial charge in [0.2, 0.25) is 5.91 Å². The summed E-state index contributed by atoms with van der Waals surface area (Å²) >= 11 is 6.31. The van der Waals surface area contributed by atoms with E-state index in [4.69, 9.17) is 16.7 Å². The molecule has 1 saturated heterocycles. The van der Waals surface area contributed by atoms with Crippen LogP contribution >= 0.6 is 11.6 Å². The van der Waals surface area contributed by atoms with Crippen molar-refractivity contribution in [3.63, 3.8) is 0 Å². The minimum Gasteiger partial charge on any atom is -0.481 e. The first kappa shape index (κ1) is 16.3. The van der Waals surface area contributed by atoms with Gasteiger partial charge in [-0.3, -0.25) is 9.59 Å². The zero-order chi connectivity index (χ0) is 16.4. The number of carboxylic acid groups (broad SMARTS) is 1. The van der Waals surface area contributed by atoms with E-state index < -0.39 is 5.97 Å². The van der Waals surface area contributed by atoms with Gasteiger partial charge in [0.05, 0.1) is 12.0 Å². The molecule has 0 spiro atoms. The number of benzene rings is 1. The summed E-state index contributed by atoms with van der Waals surface area (Å²) < 4.78 is 0. The summed E-state index contributed by atoms with van der Waals surface area (Å²) in [6.45, 7) is 0.771. The number of aliphatic carboxylic acids is 1.